The molecule has 1 rings (SSSR count). The number of hydrogen-bond donors (Lipinski definition) is 1. The van der Waals surface area contributed by atoms with Gasteiger partial charge in [-0.2, -0.15) is 0 Å². The van der Waals surface area contributed by atoms with Gasteiger partial charge in [0.25, 0.3) is 0 Å². The smallest absolute Gasteiger partial charge is 0.126 e. The molecule has 17 heavy (non-hydrogen) atoms. The van der Waals surface area contributed by atoms with Gasteiger partial charge in [-0.15, -0.1) is 0 Å². The van der Waals surface area contributed by atoms with Gasteiger partial charge in [0.05, 0.1) is 0 Å². The highest BCUT2D eigenvalue weighted by Crippen LogP contribution is 2.29. The van der Waals surface area contributed by atoms with Gasteiger partial charge in [-0.1, -0.05) is 45.4 Å². The molecule has 1 nitrogen and oxygen atoms in total. The lowest BCUT2D eigenvalue weighted by atomic mass is 9.80. The molecule has 0 fully saturated rings. The molecule has 0 amide bonds. The Labute approximate surface area is 104 Å². The first-order valence-corrected chi connectivity index (χ1v) is 6.33. The molecule has 0 aromatic heterocycles. The minimum Gasteiger partial charge on any atom is -0.315 e. The molecule has 0 radical (unpaired) electrons. The molecule has 0 aliphatic rings. The molecule has 96 valence electrons. The summed E-state index contributed by atoms with van der Waals surface area (Å²) in [4.78, 5) is 0. The van der Waals surface area contributed by atoms with Crippen molar-refractivity contribution in [3.63, 3.8) is 0 Å². The molecule has 0 unspecified atom stereocenters. The molecule has 0 saturated carbocycles. The number of rotatable bonds is 5. The quantitative estimate of drug-likeness (QED) is 0.821. The summed E-state index contributed by atoms with van der Waals surface area (Å²) in [6.45, 7) is 11.4. The van der Waals surface area contributed by atoms with Gasteiger partial charge in [-0.05, 0) is 36.9 Å². The zero-order valence-corrected chi connectivity index (χ0v) is 11.6. The first-order valence-electron chi connectivity index (χ1n) is 6.33. The van der Waals surface area contributed by atoms with Crippen LogP contribution in [0.3, 0.4) is 0 Å². The zero-order chi connectivity index (χ0) is 13.1. The van der Waals surface area contributed by atoms with Crippen LogP contribution in [0.25, 0.3) is 0 Å². The van der Waals surface area contributed by atoms with Crippen LogP contribution in [0.4, 0.5) is 4.39 Å². The Kier molecular flexibility index (Phi) is 4.70. The summed E-state index contributed by atoms with van der Waals surface area (Å²) >= 11 is 0. The standard InChI is InChI=1S/C15H24FN/c1-11(2)17-9-8-15(4,5)13-10-12(3)6-7-14(13)16/h6-7,10-11,17H,8-9H2,1-5H3. The fraction of sp³-hybridized carbons (Fsp3) is 0.600. The summed E-state index contributed by atoms with van der Waals surface area (Å²) in [5.41, 5.74) is 1.81. The molecule has 0 aliphatic heterocycles. The normalized spacial score (nSPS) is 12.2. The monoisotopic (exact) mass is 237 g/mol. The third-order valence-corrected chi connectivity index (χ3v) is 3.15. The summed E-state index contributed by atoms with van der Waals surface area (Å²) in [5.74, 6) is -0.0925. The predicted octanol–water partition coefficient (Wildman–Crippen LogP) is 3.80. The molecule has 0 heterocycles. The molecule has 1 N–H and O–H groups in total. The number of benzene rings is 1. The first kappa shape index (κ1) is 14.2. The Bertz CT molecular complexity index is 369. The van der Waals surface area contributed by atoms with Crippen molar-refractivity contribution in [2.45, 2.75) is 52.5 Å². The number of hydrogen-bond acceptors (Lipinski definition) is 1. The molecule has 0 saturated heterocycles. The maximum Gasteiger partial charge on any atom is 0.126 e. The molecule has 0 atom stereocenters. The van der Waals surface area contributed by atoms with Crippen LogP contribution in [0.1, 0.15) is 45.2 Å². The Hall–Kier alpha value is -0.890. The van der Waals surface area contributed by atoms with Gasteiger partial charge in [-0.3, -0.25) is 0 Å². The van der Waals surface area contributed by atoms with Gasteiger partial charge >= 0.3 is 0 Å². The second-order valence-electron chi connectivity index (χ2n) is 5.73. The van der Waals surface area contributed by atoms with E-state index >= 15 is 0 Å². The van der Waals surface area contributed by atoms with Crippen LogP contribution in [0, 0.1) is 12.7 Å². The lowest BCUT2D eigenvalue weighted by molar-refractivity contribution is 0.422. The van der Waals surface area contributed by atoms with E-state index in [0.29, 0.717) is 6.04 Å². The largest absolute Gasteiger partial charge is 0.315 e. The van der Waals surface area contributed by atoms with Gasteiger partial charge in [0, 0.05) is 6.04 Å². The lowest BCUT2D eigenvalue weighted by Gasteiger charge is -2.27. The van der Waals surface area contributed by atoms with Crippen LogP contribution < -0.4 is 5.32 Å². The van der Waals surface area contributed by atoms with Crippen molar-refractivity contribution in [3.8, 4) is 0 Å². The summed E-state index contributed by atoms with van der Waals surface area (Å²) < 4.78 is 13.8. The Balaban J connectivity index is 2.77. The van der Waals surface area contributed by atoms with Crippen LogP contribution in [0.15, 0.2) is 18.2 Å². The predicted molar refractivity (Wildman–Crippen MR) is 71.9 cm³/mol. The van der Waals surface area contributed by atoms with Crippen molar-refractivity contribution in [1.82, 2.24) is 5.32 Å². The van der Waals surface area contributed by atoms with Gasteiger partial charge in [0.2, 0.25) is 0 Å². The average Bonchev–Trinajstić information content (AvgIpc) is 2.20. The summed E-state index contributed by atoms with van der Waals surface area (Å²) in [7, 11) is 0. The Morgan fingerprint density at radius 1 is 1.29 bits per heavy atom. The molecule has 0 spiro atoms. The van der Waals surface area contributed by atoms with E-state index in [9.17, 15) is 4.39 Å². The number of aryl methyl sites for hydroxylation is 1. The zero-order valence-electron chi connectivity index (χ0n) is 11.6. The first-order chi connectivity index (χ1) is 7.83. The van der Waals surface area contributed by atoms with Crippen LogP contribution in [-0.2, 0) is 5.41 Å². The summed E-state index contributed by atoms with van der Waals surface area (Å²) in [6.07, 6.45) is 0.936. The fourth-order valence-electron chi connectivity index (χ4n) is 1.97. The van der Waals surface area contributed by atoms with E-state index < -0.39 is 0 Å². The van der Waals surface area contributed by atoms with Crippen molar-refractivity contribution in [1.29, 1.82) is 0 Å². The van der Waals surface area contributed by atoms with E-state index in [2.05, 4.69) is 33.0 Å². The van der Waals surface area contributed by atoms with E-state index in [-0.39, 0.29) is 11.2 Å². The minimum absolute atomic E-state index is 0.0925. The number of halogens is 1. The van der Waals surface area contributed by atoms with Crippen LogP contribution in [0.2, 0.25) is 0 Å². The molecule has 2 heteroatoms. The van der Waals surface area contributed by atoms with Gasteiger partial charge < -0.3 is 5.32 Å². The number of nitrogens with one attached hydrogen (secondary N) is 1. The SMILES string of the molecule is Cc1ccc(F)c(C(C)(C)CCNC(C)C)c1. The van der Waals surface area contributed by atoms with Crippen LogP contribution in [0.5, 0.6) is 0 Å². The molecule has 1 aromatic rings. The third-order valence-electron chi connectivity index (χ3n) is 3.15. The van der Waals surface area contributed by atoms with Crippen molar-refractivity contribution in [3.05, 3.63) is 35.1 Å². The van der Waals surface area contributed by atoms with E-state index in [1.807, 2.05) is 19.1 Å². The van der Waals surface area contributed by atoms with Gasteiger partial charge in [-0.25, -0.2) is 4.39 Å². The molecular weight excluding hydrogens is 213 g/mol. The second-order valence-corrected chi connectivity index (χ2v) is 5.73. The van der Waals surface area contributed by atoms with Gasteiger partial charge in [0.15, 0.2) is 0 Å². The van der Waals surface area contributed by atoms with Crippen molar-refractivity contribution < 1.29 is 4.39 Å². The highest BCUT2D eigenvalue weighted by Gasteiger charge is 2.23. The Morgan fingerprint density at radius 2 is 1.94 bits per heavy atom. The maximum absolute atomic E-state index is 13.8. The highest BCUT2D eigenvalue weighted by atomic mass is 19.1. The van der Waals surface area contributed by atoms with E-state index in [1.54, 1.807) is 6.07 Å². The second kappa shape index (κ2) is 5.63. The molecule has 1 aromatic carbocycles. The minimum atomic E-state index is -0.127. The Morgan fingerprint density at radius 3 is 2.53 bits per heavy atom. The van der Waals surface area contributed by atoms with E-state index in [4.69, 9.17) is 0 Å². The van der Waals surface area contributed by atoms with Crippen LogP contribution in [-0.4, -0.2) is 12.6 Å². The van der Waals surface area contributed by atoms with Crippen molar-refractivity contribution in [2.75, 3.05) is 6.54 Å². The highest BCUT2D eigenvalue weighted by molar-refractivity contribution is 5.30. The van der Waals surface area contributed by atoms with Gasteiger partial charge in [0.1, 0.15) is 5.82 Å². The summed E-state index contributed by atoms with van der Waals surface area (Å²) in [6, 6.07) is 5.84. The topological polar surface area (TPSA) is 12.0 Å². The lowest BCUT2D eigenvalue weighted by Crippen LogP contribution is -2.30. The maximum atomic E-state index is 13.8. The molecular formula is C15H24FN. The van der Waals surface area contributed by atoms with Crippen molar-refractivity contribution in [2.24, 2.45) is 0 Å². The third kappa shape index (κ3) is 4.12. The van der Waals surface area contributed by atoms with Crippen molar-refractivity contribution >= 4 is 0 Å². The van der Waals surface area contributed by atoms with E-state index in [0.717, 1.165) is 24.1 Å². The summed E-state index contributed by atoms with van der Waals surface area (Å²) in [5, 5.41) is 3.38. The average molecular weight is 237 g/mol. The molecule has 0 aliphatic carbocycles. The van der Waals surface area contributed by atoms with Crippen LogP contribution >= 0.6 is 0 Å². The van der Waals surface area contributed by atoms with E-state index in [1.165, 1.54) is 0 Å². The molecule has 0 bridgehead atoms. The fourth-order valence-corrected chi connectivity index (χ4v) is 1.97.